The van der Waals surface area contributed by atoms with Crippen LogP contribution in [0.2, 0.25) is 0 Å². The van der Waals surface area contributed by atoms with Crippen LogP contribution in [0.5, 0.6) is 5.75 Å². The maximum absolute atomic E-state index is 12.9. The number of esters is 1. The second kappa shape index (κ2) is 6.69. The van der Waals surface area contributed by atoms with Crippen molar-refractivity contribution in [1.82, 2.24) is 0 Å². The van der Waals surface area contributed by atoms with Crippen molar-refractivity contribution in [3.05, 3.63) is 28.8 Å². The zero-order valence-corrected chi connectivity index (χ0v) is 10.6. The maximum Gasteiger partial charge on any atom is 0.310 e. The summed E-state index contributed by atoms with van der Waals surface area (Å²) in [6.45, 7) is 1.76. The van der Waals surface area contributed by atoms with Gasteiger partial charge in [0, 0.05) is 5.56 Å². The molecule has 0 N–H and O–H groups in total. The highest BCUT2D eigenvalue weighted by Crippen LogP contribution is 2.31. The van der Waals surface area contributed by atoms with Crippen LogP contribution in [-0.4, -0.2) is 19.7 Å². The number of hydrogen-bond acceptors (Lipinski definition) is 4. The van der Waals surface area contributed by atoms with Gasteiger partial charge in [-0.2, -0.15) is 5.26 Å². The Morgan fingerprint density at radius 1 is 1.47 bits per heavy atom. The molecule has 0 aliphatic carbocycles. The van der Waals surface area contributed by atoms with Gasteiger partial charge in [-0.3, -0.25) is 4.79 Å². The number of halogens is 2. The van der Waals surface area contributed by atoms with Crippen LogP contribution in [0.4, 0.5) is 8.78 Å². The zero-order valence-electron chi connectivity index (χ0n) is 10.6. The molecule has 102 valence electrons. The largest absolute Gasteiger partial charge is 0.495 e. The van der Waals surface area contributed by atoms with Gasteiger partial charge in [-0.1, -0.05) is 0 Å². The van der Waals surface area contributed by atoms with E-state index in [1.165, 1.54) is 13.2 Å². The number of nitrogens with zero attached hydrogens (tertiary/aromatic N) is 1. The van der Waals surface area contributed by atoms with Crippen LogP contribution < -0.4 is 4.74 Å². The highest BCUT2D eigenvalue weighted by molar-refractivity contribution is 5.75. The predicted molar refractivity (Wildman–Crippen MR) is 63.0 cm³/mol. The van der Waals surface area contributed by atoms with E-state index in [1.54, 1.807) is 13.0 Å². The van der Waals surface area contributed by atoms with Crippen molar-refractivity contribution in [2.75, 3.05) is 13.7 Å². The first kappa shape index (κ1) is 14.9. The normalized spacial score (nSPS) is 10.1. The molecule has 0 amide bonds. The summed E-state index contributed by atoms with van der Waals surface area (Å²) in [5.74, 6) is -0.500. The molecule has 1 aromatic rings. The van der Waals surface area contributed by atoms with Crippen LogP contribution in [0, 0.1) is 11.3 Å². The van der Waals surface area contributed by atoms with Crippen molar-refractivity contribution in [3.8, 4) is 11.8 Å². The molecule has 6 heteroatoms. The van der Waals surface area contributed by atoms with Crippen molar-refractivity contribution in [1.29, 1.82) is 5.26 Å². The molecule has 0 heterocycles. The number of carbonyl (C=O) groups excluding carboxylic acids is 1. The molecule has 0 saturated carbocycles. The Balaban J connectivity index is 3.30. The van der Waals surface area contributed by atoms with E-state index in [0.29, 0.717) is 0 Å². The summed E-state index contributed by atoms with van der Waals surface area (Å²) in [6.07, 6.45) is -3.16. The van der Waals surface area contributed by atoms with Crippen LogP contribution in [0.15, 0.2) is 12.1 Å². The first-order chi connectivity index (χ1) is 9.04. The van der Waals surface area contributed by atoms with Crippen LogP contribution in [0.25, 0.3) is 0 Å². The Hall–Kier alpha value is -2.16. The summed E-state index contributed by atoms with van der Waals surface area (Å²) in [6, 6.07) is 4.23. The van der Waals surface area contributed by atoms with E-state index in [0.717, 1.165) is 6.07 Å². The fraction of sp³-hybridized carbons (Fsp3) is 0.385. The maximum atomic E-state index is 12.9. The van der Waals surface area contributed by atoms with Gasteiger partial charge in [0.2, 0.25) is 0 Å². The van der Waals surface area contributed by atoms with Gasteiger partial charge in [0.15, 0.2) is 0 Å². The van der Waals surface area contributed by atoms with Gasteiger partial charge in [-0.05, 0) is 24.6 Å². The van der Waals surface area contributed by atoms with E-state index in [9.17, 15) is 13.6 Å². The minimum Gasteiger partial charge on any atom is -0.495 e. The van der Waals surface area contributed by atoms with Gasteiger partial charge in [0.25, 0.3) is 6.43 Å². The van der Waals surface area contributed by atoms with E-state index < -0.39 is 12.4 Å². The third-order valence-electron chi connectivity index (χ3n) is 2.50. The number of carbonyl (C=O) groups is 1. The van der Waals surface area contributed by atoms with Crippen molar-refractivity contribution in [2.24, 2.45) is 0 Å². The van der Waals surface area contributed by atoms with Crippen molar-refractivity contribution in [2.45, 2.75) is 19.8 Å². The predicted octanol–water partition coefficient (Wildman–Crippen LogP) is 2.61. The summed E-state index contributed by atoms with van der Waals surface area (Å²) in [4.78, 5) is 11.4. The molecule has 0 aliphatic heterocycles. The molecular formula is C13H13F2NO3. The lowest BCUT2D eigenvalue weighted by Gasteiger charge is -2.13. The van der Waals surface area contributed by atoms with Gasteiger partial charge < -0.3 is 9.47 Å². The highest BCUT2D eigenvalue weighted by atomic mass is 19.3. The van der Waals surface area contributed by atoms with E-state index in [2.05, 4.69) is 0 Å². The molecule has 0 aliphatic rings. The third kappa shape index (κ3) is 3.41. The van der Waals surface area contributed by atoms with Crippen molar-refractivity contribution >= 4 is 5.97 Å². The quantitative estimate of drug-likeness (QED) is 0.771. The number of hydrogen-bond donors (Lipinski definition) is 0. The summed E-state index contributed by atoms with van der Waals surface area (Å²) < 4.78 is 35.5. The SMILES string of the molecule is CCOC(=O)Cc1c(C(F)F)ccc(OC)c1C#N. The standard InChI is InChI=1S/C13H13F2NO3/c1-3-19-12(17)6-9-8(13(14)15)4-5-11(18-2)10(9)7-16/h4-5,13H,3,6H2,1-2H3. The molecule has 0 unspecified atom stereocenters. The van der Waals surface area contributed by atoms with Crippen LogP contribution in [0.1, 0.15) is 30.0 Å². The van der Waals surface area contributed by atoms with Gasteiger partial charge in [-0.25, -0.2) is 8.78 Å². The van der Waals surface area contributed by atoms with Gasteiger partial charge >= 0.3 is 5.97 Å². The molecule has 4 nitrogen and oxygen atoms in total. The molecule has 0 fully saturated rings. The number of methoxy groups -OCH3 is 1. The van der Waals surface area contributed by atoms with E-state index >= 15 is 0 Å². The zero-order chi connectivity index (χ0) is 14.4. The smallest absolute Gasteiger partial charge is 0.310 e. The summed E-state index contributed by atoms with van der Waals surface area (Å²) in [5, 5.41) is 9.05. The molecular weight excluding hydrogens is 256 g/mol. The Kier molecular flexibility index (Phi) is 5.24. The van der Waals surface area contributed by atoms with Crippen LogP contribution in [-0.2, 0) is 16.0 Å². The minimum atomic E-state index is -2.78. The minimum absolute atomic E-state index is 0.0460. The number of alkyl halides is 2. The third-order valence-corrected chi connectivity index (χ3v) is 2.50. The van der Waals surface area contributed by atoms with Crippen LogP contribution in [0.3, 0.4) is 0 Å². The number of nitriles is 1. The summed E-state index contributed by atoms with van der Waals surface area (Å²) >= 11 is 0. The van der Waals surface area contributed by atoms with Crippen molar-refractivity contribution in [3.63, 3.8) is 0 Å². The summed E-state index contributed by atoms with van der Waals surface area (Å²) in [5.41, 5.74) is -0.464. The van der Waals surface area contributed by atoms with Crippen LogP contribution >= 0.6 is 0 Å². The number of rotatable bonds is 5. The Bertz CT molecular complexity index is 509. The average molecular weight is 269 g/mol. The number of benzene rings is 1. The lowest BCUT2D eigenvalue weighted by Crippen LogP contribution is -2.11. The van der Waals surface area contributed by atoms with Crippen molar-refractivity contribution < 1.29 is 23.0 Å². The van der Waals surface area contributed by atoms with E-state index in [4.69, 9.17) is 14.7 Å². The Labute approximate surface area is 109 Å². The van der Waals surface area contributed by atoms with Gasteiger partial charge in [-0.15, -0.1) is 0 Å². The topological polar surface area (TPSA) is 59.3 Å². The lowest BCUT2D eigenvalue weighted by atomic mass is 9.98. The van der Waals surface area contributed by atoms with E-state index in [1.807, 2.05) is 0 Å². The molecule has 0 aromatic heterocycles. The fourth-order valence-electron chi connectivity index (χ4n) is 1.69. The molecule has 19 heavy (non-hydrogen) atoms. The first-order valence-corrected chi connectivity index (χ1v) is 5.58. The molecule has 0 bridgehead atoms. The lowest BCUT2D eigenvalue weighted by molar-refractivity contribution is -0.142. The highest BCUT2D eigenvalue weighted by Gasteiger charge is 2.22. The molecule has 1 aromatic carbocycles. The molecule has 1 rings (SSSR count). The van der Waals surface area contributed by atoms with Gasteiger partial charge in [0.1, 0.15) is 11.8 Å². The second-order valence-electron chi connectivity index (χ2n) is 3.60. The molecule has 0 radical (unpaired) electrons. The molecule has 0 saturated heterocycles. The number of ether oxygens (including phenoxy) is 2. The monoisotopic (exact) mass is 269 g/mol. The van der Waals surface area contributed by atoms with E-state index in [-0.39, 0.29) is 35.5 Å². The Morgan fingerprint density at radius 3 is 2.63 bits per heavy atom. The average Bonchev–Trinajstić information content (AvgIpc) is 2.37. The second-order valence-corrected chi connectivity index (χ2v) is 3.60. The molecule has 0 spiro atoms. The summed E-state index contributed by atoms with van der Waals surface area (Å²) in [7, 11) is 1.33. The van der Waals surface area contributed by atoms with Gasteiger partial charge in [0.05, 0.1) is 25.7 Å². The molecule has 0 atom stereocenters. The Morgan fingerprint density at radius 2 is 2.16 bits per heavy atom. The first-order valence-electron chi connectivity index (χ1n) is 5.58. The fourth-order valence-corrected chi connectivity index (χ4v) is 1.69.